The Morgan fingerprint density at radius 3 is 2.07 bits per heavy atom. The Morgan fingerprint density at radius 1 is 1.07 bits per heavy atom. The van der Waals surface area contributed by atoms with E-state index in [4.69, 9.17) is 10.2 Å². The Morgan fingerprint density at radius 2 is 1.64 bits per heavy atom. The summed E-state index contributed by atoms with van der Waals surface area (Å²) in [6, 6.07) is 0. The molecule has 0 bridgehead atoms. The van der Waals surface area contributed by atoms with Crippen molar-refractivity contribution in [1.29, 1.82) is 0 Å². The topological polar surface area (TPSA) is 131 Å². The van der Waals surface area contributed by atoms with E-state index < -0.39 is 43.4 Å². The molecule has 6 N–H and O–H groups in total. The van der Waals surface area contributed by atoms with Crippen LogP contribution in [-0.4, -0.2) is 74.1 Å². The molecule has 1 fully saturated rings. The van der Waals surface area contributed by atoms with E-state index in [0.717, 1.165) is 0 Å². The summed E-state index contributed by atoms with van der Waals surface area (Å²) in [5.74, 6) is -2.36. The standard InChI is InChI=1S/C7H14O7/c8-1-3-4(10)5(11)6(12)7(13,2-9)14-3/h3-6,8-13H,1-2H2/t3?,4-,5-,6?,7?/m1/s1/i1+1,2+1,3+1,4+1,5+1,6+1,7+1. The summed E-state index contributed by atoms with van der Waals surface area (Å²) in [6.45, 7) is -1.60. The predicted octanol–water partition coefficient (Wildman–Crippen LogP) is -3.86. The summed E-state index contributed by atoms with van der Waals surface area (Å²) in [5.41, 5.74) is 0. The second-order valence-electron chi connectivity index (χ2n) is 3.27. The van der Waals surface area contributed by atoms with Gasteiger partial charge in [0, 0.05) is 0 Å². The van der Waals surface area contributed by atoms with Crippen LogP contribution in [0.5, 0.6) is 0 Å². The molecule has 84 valence electrons. The van der Waals surface area contributed by atoms with Crippen molar-refractivity contribution in [2.75, 3.05) is 13.2 Å². The smallest absolute Gasteiger partial charge is 0.219 e. The van der Waals surface area contributed by atoms with Crippen LogP contribution in [0.4, 0.5) is 0 Å². The normalized spacial score (nSPS) is 49.3. The van der Waals surface area contributed by atoms with Crippen LogP contribution >= 0.6 is 0 Å². The van der Waals surface area contributed by atoms with Crippen molar-refractivity contribution in [2.45, 2.75) is 30.2 Å². The number of hydrogen-bond acceptors (Lipinski definition) is 7. The molecule has 3 unspecified atom stereocenters. The molecule has 7 nitrogen and oxygen atoms in total. The highest BCUT2D eigenvalue weighted by atomic mass is 16.9. The second-order valence-corrected chi connectivity index (χ2v) is 3.27. The summed E-state index contributed by atoms with van der Waals surface area (Å²) in [6.07, 6.45) is -6.27. The largest absolute Gasteiger partial charge is 0.394 e. The van der Waals surface area contributed by atoms with Gasteiger partial charge in [-0.15, -0.1) is 0 Å². The maximum absolute atomic E-state index is 9.43. The van der Waals surface area contributed by atoms with Crippen LogP contribution in [0.2, 0.25) is 0 Å². The molecule has 0 spiro atoms. The molecule has 1 heterocycles. The summed E-state index contributed by atoms with van der Waals surface area (Å²) >= 11 is 0. The highest BCUT2D eigenvalue weighted by Gasteiger charge is 2.52. The zero-order chi connectivity index (χ0) is 10.9. The average molecular weight is 217 g/mol. The molecule has 0 aromatic rings. The van der Waals surface area contributed by atoms with E-state index in [2.05, 4.69) is 4.74 Å². The van der Waals surface area contributed by atoms with E-state index in [1.807, 2.05) is 0 Å². The molecule has 1 rings (SSSR count). The molecule has 0 aromatic heterocycles. The maximum Gasteiger partial charge on any atom is 0.219 e. The molecule has 0 aliphatic carbocycles. The molecule has 5 atom stereocenters. The van der Waals surface area contributed by atoms with Gasteiger partial charge in [-0.05, 0) is 0 Å². The Labute approximate surface area is 79.8 Å². The van der Waals surface area contributed by atoms with Gasteiger partial charge in [0.2, 0.25) is 5.79 Å². The molecule has 1 saturated heterocycles. The summed E-state index contributed by atoms with van der Waals surface area (Å²) in [7, 11) is 0. The minimum absolute atomic E-state index is 0.646. The lowest BCUT2D eigenvalue weighted by Gasteiger charge is -2.44. The van der Waals surface area contributed by atoms with Crippen molar-refractivity contribution in [2.24, 2.45) is 0 Å². The van der Waals surface area contributed by atoms with Crippen LogP contribution in [0.3, 0.4) is 0 Å². The minimum atomic E-state index is -2.36. The summed E-state index contributed by atoms with van der Waals surface area (Å²) in [5, 5.41) is 54.6. The molecule has 1 aliphatic rings. The third-order valence-electron chi connectivity index (χ3n) is 2.28. The molecule has 7 heteroatoms. The number of aliphatic hydroxyl groups is 6. The van der Waals surface area contributed by atoms with E-state index in [1.165, 1.54) is 0 Å². The van der Waals surface area contributed by atoms with E-state index >= 15 is 0 Å². The molecule has 14 heavy (non-hydrogen) atoms. The van der Waals surface area contributed by atoms with Gasteiger partial charge in [-0.1, -0.05) is 0 Å². The number of ether oxygens (including phenoxy) is 1. The first kappa shape index (κ1) is 11.8. The third-order valence-corrected chi connectivity index (χ3v) is 2.28. The first-order chi connectivity index (χ1) is 6.46. The Kier molecular flexibility index (Phi) is 3.43. The van der Waals surface area contributed by atoms with Gasteiger partial charge in [0.1, 0.15) is 24.4 Å². The second kappa shape index (κ2) is 4.07. The zero-order valence-corrected chi connectivity index (χ0v) is 7.32. The van der Waals surface area contributed by atoms with Crippen molar-refractivity contribution < 1.29 is 35.4 Å². The highest BCUT2D eigenvalue weighted by molar-refractivity contribution is 4.95. The lowest BCUT2D eigenvalue weighted by atomic mass is 10.9. The fourth-order valence-electron chi connectivity index (χ4n) is 1.35. The Hall–Kier alpha value is -0.280. The van der Waals surface area contributed by atoms with Crippen molar-refractivity contribution in [1.82, 2.24) is 0 Å². The highest BCUT2D eigenvalue weighted by Crippen LogP contribution is 2.27. The molecular weight excluding hydrogens is 203 g/mol. The zero-order valence-electron chi connectivity index (χ0n) is 7.32. The molecule has 0 amide bonds. The quantitative estimate of drug-likeness (QED) is 0.261. The van der Waals surface area contributed by atoms with Gasteiger partial charge in [-0.2, -0.15) is 0 Å². The van der Waals surface area contributed by atoms with E-state index in [1.54, 1.807) is 0 Å². The SMILES string of the molecule is O[13CH2][13CH]1O[13C](O)([13CH2]O)[13CH](O)[13C@H](O)[13C@@H]1O. The maximum atomic E-state index is 9.43. The Balaban J connectivity index is 2.84. The molecule has 0 saturated carbocycles. The van der Waals surface area contributed by atoms with Crippen LogP contribution in [-0.2, 0) is 4.74 Å². The summed E-state index contributed by atoms with van der Waals surface area (Å²) < 4.78 is 4.66. The Bertz CT molecular complexity index is 196. The predicted molar refractivity (Wildman–Crippen MR) is 42.0 cm³/mol. The van der Waals surface area contributed by atoms with Crippen molar-refractivity contribution >= 4 is 0 Å². The van der Waals surface area contributed by atoms with Crippen molar-refractivity contribution in [3.05, 3.63) is 0 Å². The average Bonchev–Trinajstić information content (AvgIpc) is 2.20. The van der Waals surface area contributed by atoms with Crippen LogP contribution in [0, 0.1) is 0 Å². The van der Waals surface area contributed by atoms with E-state index in [9.17, 15) is 20.4 Å². The monoisotopic (exact) mass is 217 g/mol. The third kappa shape index (κ3) is 1.75. The van der Waals surface area contributed by atoms with Crippen LogP contribution in [0.1, 0.15) is 0 Å². The summed E-state index contributed by atoms with van der Waals surface area (Å²) in [4.78, 5) is 0. The molecule has 0 aromatic carbocycles. The van der Waals surface area contributed by atoms with Gasteiger partial charge in [-0.25, -0.2) is 0 Å². The van der Waals surface area contributed by atoms with Crippen molar-refractivity contribution in [3.63, 3.8) is 0 Å². The number of rotatable bonds is 2. The van der Waals surface area contributed by atoms with Crippen LogP contribution < -0.4 is 0 Å². The van der Waals surface area contributed by atoms with Gasteiger partial charge in [-0.3, -0.25) is 0 Å². The lowest BCUT2D eigenvalue weighted by molar-refractivity contribution is -0.357. The lowest BCUT2D eigenvalue weighted by Crippen LogP contribution is -2.66. The fraction of sp³-hybridized carbons (Fsp3) is 1.00. The van der Waals surface area contributed by atoms with Gasteiger partial charge in [0.05, 0.1) is 13.2 Å². The van der Waals surface area contributed by atoms with Crippen LogP contribution in [0.25, 0.3) is 0 Å². The molecule has 1 aliphatic heterocycles. The van der Waals surface area contributed by atoms with Crippen LogP contribution in [0.15, 0.2) is 0 Å². The molecule has 0 radical (unpaired) electrons. The van der Waals surface area contributed by atoms with Gasteiger partial charge < -0.3 is 35.4 Å². The van der Waals surface area contributed by atoms with Gasteiger partial charge in [0.25, 0.3) is 0 Å². The van der Waals surface area contributed by atoms with E-state index in [-0.39, 0.29) is 0 Å². The fourth-order valence-corrected chi connectivity index (χ4v) is 1.35. The molecular formula is C7H14O7. The van der Waals surface area contributed by atoms with Gasteiger partial charge in [0.15, 0.2) is 0 Å². The first-order valence-corrected chi connectivity index (χ1v) is 4.12. The van der Waals surface area contributed by atoms with Gasteiger partial charge >= 0.3 is 0 Å². The van der Waals surface area contributed by atoms with Crippen molar-refractivity contribution in [3.8, 4) is 0 Å². The first-order valence-electron chi connectivity index (χ1n) is 4.12. The minimum Gasteiger partial charge on any atom is -0.394 e. The van der Waals surface area contributed by atoms with E-state index in [0.29, 0.717) is 0 Å². The number of aliphatic hydroxyl groups excluding tert-OH is 5. The number of hydrogen-bond donors (Lipinski definition) is 6.